The maximum absolute atomic E-state index is 9.25. The van der Waals surface area contributed by atoms with Crippen molar-refractivity contribution in [3.05, 3.63) is 76.4 Å². The Morgan fingerprint density at radius 3 is 2.57 bits per heavy atom. The van der Waals surface area contributed by atoms with Crippen LogP contribution in [0.3, 0.4) is 0 Å². The van der Waals surface area contributed by atoms with E-state index < -0.39 is 6.19 Å². The molecular weight excluding hydrogens is 495 g/mol. The van der Waals surface area contributed by atoms with Gasteiger partial charge < -0.3 is 9.57 Å². The summed E-state index contributed by atoms with van der Waals surface area (Å²) in [6.45, 7) is 9.44. The molecule has 0 aliphatic carbocycles. The number of aliphatic imine (C=N–C) groups is 1. The van der Waals surface area contributed by atoms with Gasteiger partial charge in [0, 0.05) is 47.1 Å². The second-order valence-electron chi connectivity index (χ2n) is 10.7. The lowest BCUT2D eigenvalue weighted by atomic mass is 9.84. The lowest BCUT2D eigenvalue weighted by Gasteiger charge is -2.42. The molecule has 3 aliphatic heterocycles. The van der Waals surface area contributed by atoms with Crippen LogP contribution < -0.4 is 14.9 Å². The summed E-state index contributed by atoms with van der Waals surface area (Å²) in [6.07, 6.45) is 0.769. The van der Waals surface area contributed by atoms with E-state index in [1.54, 1.807) is 0 Å². The summed E-state index contributed by atoms with van der Waals surface area (Å²) in [5.74, 6) is 0.813. The Morgan fingerprint density at radius 2 is 1.84 bits per heavy atom. The van der Waals surface area contributed by atoms with E-state index in [1.165, 1.54) is 28.2 Å². The van der Waals surface area contributed by atoms with Crippen LogP contribution >= 0.6 is 6.19 Å². The van der Waals surface area contributed by atoms with E-state index in [2.05, 4.69) is 98.9 Å². The van der Waals surface area contributed by atoms with Crippen LogP contribution in [0.2, 0.25) is 0 Å². The van der Waals surface area contributed by atoms with Gasteiger partial charge in [-0.1, -0.05) is 62.1 Å². The molecule has 0 fully saturated rings. The number of hydrogen-bond donors (Lipinski definition) is 0. The van der Waals surface area contributed by atoms with Crippen LogP contribution in [0.4, 0.5) is 17.2 Å². The molecule has 6 rings (SSSR count). The van der Waals surface area contributed by atoms with Gasteiger partial charge in [-0.25, -0.2) is 9.67 Å². The SMILES string of the molecule is Cc1nn(CCC#N)c2c1P(=S)(N1c3ccccc3CC1C)C(=C1N(C)c3ccccc3C1(C)C)C=N2. The predicted octanol–water partition coefficient (Wildman–Crippen LogP) is 5.93. The van der Waals surface area contributed by atoms with Crippen molar-refractivity contribution < 1.29 is 0 Å². The maximum atomic E-state index is 9.25. The summed E-state index contributed by atoms with van der Waals surface area (Å²) >= 11 is 7.00. The summed E-state index contributed by atoms with van der Waals surface area (Å²) in [5, 5.41) is 16.3. The molecule has 0 bridgehead atoms. The number of aryl methyl sites for hydroxylation is 2. The molecule has 4 heterocycles. The van der Waals surface area contributed by atoms with Gasteiger partial charge in [-0.05, 0) is 43.5 Å². The van der Waals surface area contributed by atoms with E-state index in [9.17, 15) is 5.26 Å². The molecule has 2 unspecified atom stereocenters. The molecule has 0 spiro atoms. The van der Waals surface area contributed by atoms with E-state index in [4.69, 9.17) is 21.9 Å². The van der Waals surface area contributed by atoms with Gasteiger partial charge in [0.25, 0.3) is 0 Å². The van der Waals surface area contributed by atoms with Gasteiger partial charge in [0.05, 0.1) is 30.0 Å². The first-order valence-corrected chi connectivity index (χ1v) is 15.5. The Hall–Kier alpha value is -3.20. The van der Waals surface area contributed by atoms with Crippen molar-refractivity contribution in [1.29, 1.82) is 5.26 Å². The van der Waals surface area contributed by atoms with Gasteiger partial charge >= 0.3 is 0 Å². The number of hydrogen-bond acceptors (Lipinski definition) is 5. The van der Waals surface area contributed by atoms with E-state index in [0.29, 0.717) is 13.0 Å². The van der Waals surface area contributed by atoms with Crippen molar-refractivity contribution in [2.24, 2.45) is 4.99 Å². The largest absolute Gasteiger partial charge is 0.346 e. The Balaban J connectivity index is 1.68. The number of aromatic nitrogens is 2. The number of nitriles is 1. The molecule has 37 heavy (non-hydrogen) atoms. The van der Waals surface area contributed by atoms with Crippen LogP contribution in [-0.4, -0.2) is 29.1 Å². The second-order valence-corrected chi connectivity index (χ2v) is 14.8. The zero-order valence-electron chi connectivity index (χ0n) is 21.9. The number of anilines is 2. The van der Waals surface area contributed by atoms with Gasteiger partial charge in [-0.15, -0.1) is 0 Å². The minimum atomic E-state index is -2.60. The number of nitrogens with zero attached hydrogens (tertiary/aromatic N) is 6. The average molecular weight is 527 g/mol. The molecule has 0 N–H and O–H groups in total. The number of fused-ring (bicyclic) bond motifs is 3. The van der Waals surface area contributed by atoms with Crippen molar-refractivity contribution in [3.63, 3.8) is 0 Å². The lowest BCUT2D eigenvalue weighted by molar-refractivity contribution is 0.626. The zero-order valence-corrected chi connectivity index (χ0v) is 23.6. The van der Waals surface area contributed by atoms with Gasteiger partial charge in [-0.3, -0.25) is 0 Å². The Kier molecular flexibility index (Phi) is 5.49. The summed E-state index contributed by atoms with van der Waals surface area (Å²) in [4.78, 5) is 7.34. The zero-order chi connectivity index (χ0) is 26.1. The highest BCUT2D eigenvalue weighted by Gasteiger charge is 2.50. The number of likely N-dealkylation sites (N-methyl/N-ethyl adjacent to an activating group) is 1. The number of allylic oxidation sites excluding steroid dienone is 2. The first-order chi connectivity index (χ1) is 17.7. The Labute approximate surface area is 224 Å². The van der Waals surface area contributed by atoms with Gasteiger partial charge in [0.1, 0.15) is 6.19 Å². The van der Waals surface area contributed by atoms with Crippen LogP contribution in [0.5, 0.6) is 0 Å². The molecule has 0 amide bonds. The Morgan fingerprint density at radius 1 is 1.14 bits per heavy atom. The normalized spacial score (nSPS) is 25.1. The van der Waals surface area contributed by atoms with E-state index in [1.807, 2.05) is 10.9 Å². The minimum absolute atomic E-state index is 0.235. The molecule has 0 saturated carbocycles. The quantitative estimate of drug-likeness (QED) is 0.396. The van der Waals surface area contributed by atoms with Crippen LogP contribution in [0.1, 0.15) is 44.0 Å². The maximum Gasteiger partial charge on any atom is 0.161 e. The summed E-state index contributed by atoms with van der Waals surface area (Å²) in [5.41, 5.74) is 6.97. The monoisotopic (exact) mass is 526 g/mol. The second kappa shape index (κ2) is 8.41. The molecule has 188 valence electrons. The standard InChI is InChI=1S/C29H31N6PS/c1-19-17-21-11-6-8-13-23(21)35(19)36(37)25(18-31-28-26(36)20(2)32-34(28)16-10-15-30)27-29(3,4)22-12-7-9-14-24(22)33(27)5/h6-9,11-14,18-19H,10,16-17H2,1-5H3. The molecule has 1 aromatic heterocycles. The van der Waals surface area contributed by atoms with Crippen molar-refractivity contribution in [2.75, 3.05) is 16.6 Å². The van der Waals surface area contributed by atoms with Crippen LogP contribution in [0.25, 0.3) is 0 Å². The fourth-order valence-corrected chi connectivity index (χ4v) is 12.0. The van der Waals surface area contributed by atoms with Crippen molar-refractivity contribution >= 4 is 46.7 Å². The first-order valence-electron chi connectivity index (χ1n) is 12.8. The molecule has 2 aromatic carbocycles. The molecule has 3 aliphatic rings. The van der Waals surface area contributed by atoms with E-state index >= 15 is 0 Å². The average Bonchev–Trinajstić information content (AvgIpc) is 3.46. The minimum Gasteiger partial charge on any atom is -0.346 e. The van der Waals surface area contributed by atoms with Crippen molar-refractivity contribution in [1.82, 2.24) is 9.78 Å². The highest BCUT2D eigenvalue weighted by Crippen LogP contribution is 2.67. The van der Waals surface area contributed by atoms with Crippen LogP contribution in [-0.2, 0) is 30.2 Å². The molecular formula is C29H31N6PS. The smallest absolute Gasteiger partial charge is 0.161 e. The van der Waals surface area contributed by atoms with Gasteiger partial charge in [0.15, 0.2) is 5.82 Å². The molecule has 2 atom stereocenters. The van der Waals surface area contributed by atoms with Crippen LogP contribution in [0, 0.1) is 18.3 Å². The Bertz CT molecular complexity index is 1590. The summed E-state index contributed by atoms with van der Waals surface area (Å²) in [7, 11) is 2.16. The number of benzene rings is 2. The molecule has 6 nitrogen and oxygen atoms in total. The first kappa shape index (κ1) is 24.2. The fourth-order valence-electron chi connectivity index (χ4n) is 6.54. The molecule has 3 aromatic rings. The highest BCUT2D eigenvalue weighted by molar-refractivity contribution is 8.21. The highest BCUT2D eigenvalue weighted by atomic mass is 32.4. The molecule has 0 radical (unpaired) electrons. The van der Waals surface area contributed by atoms with E-state index in [0.717, 1.165) is 28.6 Å². The molecule has 0 saturated heterocycles. The summed E-state index contributed by atoms with van der Waals surface area (Å²) in [6, 6.07) is 19.8. The fraction of sp³-hybridized carbons (Fsp3) is 0.345. The topological polar surface area (TPSA) is 60.5 Å². The van der Waals surface area contributed by atoms with Crippen molar-refractivity contribution in [2.45, 2.75) is 58.5 Å². The summed E-state index contributed by atoms with van der Waals surface area (Å²) < 4.78 is 4.41. The van der Waals surface area contributed by atoms with Crippen molar-refractivity contribution in [3.8, 4) is 6.07 Å². The van der Waals surface area contributed by atoms with Gasteiger partial charge in [-0.2, -0.15) is 10.4 Å². The van der Waals surface area contributed by atoms with E-state index in [-0.39, 0.29) is 11.5 Å². The third kappa shape index (κ3) is 3.25. The number of rotatable bonds is 3. The van der Waals surface area contributed by atoms with Crippen LogP contribution in [0.15, 0.2) is 64.5 Å². The predicted molar refractivity (Wildman–Crippen MR) is 156 cm³/mol. The lowest BCUT2D eigenvalue weighted by Crippen LogP contribution is -2.36. The van der Waals surface area contributed by atoms with Gasteiger partial charge in [0.2, 0.25) is 0 Å². The third-order valence-corrected chi connectivity index (χ3v) is 13.0. The third-order valence-electron chi connectivity index (χ3n) is 8.03. The number of para-hydroxylation sites is 2. The molecule has 8 heteroatoms.